The average Bonchev–Trinajstić information content (AvgIpc) is 2.60. The minimum Gasteiger partial charge on any atom is -0.489 e. The third-order valence-electron chi connectivity index (χ3n) is 3.01. The third-order valence-corrected chi connectivity index (χ3v) is 3.78. The molecule has 3 N–H and O–H groups in total. The lowest BCUT2D eigenvalue weighted by Crippen LogP contribution is -2.82. The molecule has 4 nitrogen and oxygen atoms in total. The maximum absolute atomic E-state index is 5.82. The van der Waals surface area contributed by atoms with E-state index in [4.69, 9.17) is 17.0 Å². The summed E-state index contributed by atoms with van der Waals surface area (Å²) in [7, 11) is 0. The zero-order chi connectivity index (χ0) is 17.2. The number of ether oxygens (including phenoxy) is 1. The molecule has 2 aromatic rings. The molecule has 0 fully saturated rings. The highest BCUT2D eigenvalue weighted by Crippen LogP contribution is 2.15. The quantitative estimate of drug-likeness (QED) is 0.286. The van der Waals surface area contributed by atoms with Gasteiger partial charge < -0.3 is 10.1 Å². The van der Waals surface area contributed by atoms with Crippen molar-refractivity contribution in [2.75, 3.05) is 6.54 Å². The minimum absolute atomic E-state index is 0.508. The van der Waals surface area contributed by atoms with Gasteiger partial charge >= 0.3 is 0 Å². The molecule has 24 heavy (non-hydrogen) atoms. The Morgan fingerprint density at radius 2 is 2.04 bits per heavy atom. The first-order valence-electron chi connectivity index (χ1n) is 7.38. The van der Waals surface area contributed by atoms with E-state index in [-0.39, 0.29) is 0 Å². The molecule has 0 aromatic heterocycles. The van der Waals surface area contributed by atoms with Gasteiger partial charge in [0, 0.05) is 16.6 Å². The zero-order valence-electron chi connectivity index (χ0n) is 13.1. The fraction of sp³-hybridized carbons (Fsp3) is 0.111. The van der Waals surface area contributed by atoms with Crippen LogP contribution < -0.4 is 20.6 Å². The summed E-state index contributed by atoms with van der Waals surface area (Å²) in [5, 5.41) is 6.42. The van der Waals surface area contributed by atoms with Gasteiger partial charge in [-0.1, -0.05) is 40.2 Å². The molecule has 0 heterocycles. The first-order valence-corrected chi connectivity index (χ1v) is 8.58. The SMILES string of the molecule is C=CCNC(=S)N[NH+]=Cc1cccc(OCc2ccc(Br)cc2)c1. The summed E-state index contributed by atoms with van der Waals surface area (Å²) in [6, 6.07) is 15.9. The molecule has 0 aliphatic carbocycles. The van der Waals surface area contributed by atoms with Gasteiger partial charge in [0.25, 0.3) is 0 Å². The molecule has 124 valence electrons. The largest absolute Gasteiger partial charge is 0.489 e. The lowest BCUT2D eigenvalue weighted by molar-refractivity contribution is -0.500. The molecule has 0 saturated carbocycles. The zero-order valence-corrected chi connectivity index (χ0v) is 15.5. The Morgan fingerprint density at radius 3 is 2.79 bits per heavy atom. The summed E-state index contributed by atoms with van der Waals surface area (Å²) in [5.41, 5.74) is 4.96. The van der Waals surface area contributed by atoms with Gasteiger partial charge in [-0.15, -0.1) is 17.1 Å². The lowest BCUT2D eigenvalue weighted by atomic mass is 10.2. The van der Waals surface area contributed by atoms with Gasteiger partial charge in [0.15, 0.2) is 6.21 Å². The van der Waals surface area contributed by atoms with E-state index in [1.165, 1.54) is 0 Å². The second-order valence-electron chi connectivity index (χ2n) is 4.90. The predicted molar refractivity (Wildman–Crippen MR) is 105 cm³/mol. The van der Waals surface area contributed by atoms with Crippen LogP contribution in [0.25, 0.3) is 0 Å². The van der Waals surface area contributed by atoms with Gasteiger partial charge in [-0.3, -0.25) is 0 Å². The number of thiocarbonyl (C=S) groups is 1. The molecule has 0 aliphatic rings. The lowest BCUT2D eigenvalue weighted by Gasteiger charge is -2.06. The van der Waals surface area contributed by atoms with E-state index in [1.54, 1.807) is 6.08 Å². The molecule has 2 rings (SSSR count). The summed E-state index contributed by atoms with van der Waals surface area (Å²) < 4.78 is 6.88. The Morgan fingerprint density at radius 1 is 1.25 bits per heavy atom. The minimum atomic E-state index is 0.508. The van der Waals surface area contributed by atoms with Crippen molar-refractivity contribution in [3.8, 4) is 5.75 Å². The van der Waals surface area contributed by atoms with Gasteiger partial charge in [0.2, 0.25) is 5.11 Å². The second kappa shape index (κ2) is 9.85. The van der Waals surface area contributed by atoms with E-state index in [2.05, 4.69) is 38.4 Å². The molecule has 0 spiro atoms. The van der Waals surface area contributed by atoms with Crippen molar-refractivity contribution in [2.24, 2.45) is 0 Å². The van der Waals surface area contributed by atoms with Crippen molar-refractivity contribution in [3.05, 3.63) is 76.8 Å². The number of hydrazone groups is 1. The van der Waals surface area contributed by atoms with E-state index in [0.717, 1.165) is 21.3 Å². The van der Waals surface area contributed by atoms with Crippen LogP contribution in [0.5, 0.6) is 5.75 Å². The highest BCUT2D eigenvalue weighted by atomic mass is 79.9. The molecular formula is C18H19BrN3OS+. The van der Waals surface area contributed by atoms with Crippen LogP contribution in [0.15, 0.2) is 65.7 Å². The Balaban J connectivity index is 1.87. The van der Waals surface area contributed by atoms with Crippen molar-refractivity contribution >= 4 is 39.5 Å². The van der Waals surface area contributed by atoms with Crippen molar-refractivity contribution < 1.29 is 9.84 Å². The van der Waals surface area contributed by atoms with Crippen LogP contribution >= 0.6 is 28.1 Å². The maximum atomic E-state index is 5.82. The van der Waals surface area contributed by atoms with Crippen LogP contribution in [0.2, 0.25) is 0 Å². The Labute approximate surface area is 155 Å². The van der Waals surface area contributed by atoms with Crippen LogP contribution in [0.1, 0.15) is 11.1 Å². The van der Waals surface area contributed by atoms with Gasteiger partial charge in [-0.25, -0.2) is 0 Å². The van der Waals surface area contributed by atoms with Gasteiger partial charge in [0.1, 0.15) is 12.4 Å². The monoisotopic (exact) mass is 404 g/mol. The first-order chi connectivity index (χ1) is 11.7. The maximum Gasteiger partial charge on any atom is 0.224 e. The normalized spacial score (nSPS) is 10.4. The van der Waals surface area contributed by atoms with E-state index in [9.17, 15) is 0 Å². The third kappa shape index (κ3) is 6.52. The highest BCUT2D eigenvalue weighted by Gasteiger charge is 2.00. The van der Waals surface area contributed by atoms with Crippen LogP contribution in [0.3, 0.4) is 0 Å². The van der Waals surface area contributed by atoms with E-state index in [0.29, 0.717) is 18.3 Å². The van der Waals surface area contributed by atoms with Crippen LogP contribution in [0.4, 0.5) is 0 Å². The van der Waals surface area contributed by atoms with Crippen molar-refractivity contribution in [1.82, 2.24) is 10.7 Å². The van der Waals surface area contributed by atoms with Gasteiger partial charge in [-0.05, 0) is 48.1 Å². The molecular weight excluding hydrogens is 386 g/mol. The summed E-state index contributed by atoms with van der Waals surface area (Å²) in [5.74, 6) is 0.806. The molecule has 0 radical (unpaired) electrons. The molecule has 0 saturated heterocycles. The van der Waals surface area contributed by atoms with E-state index in [1.807, 2.05) is 54.7 Å². The van der Waals surface area contributed by atoms with Crippen molar-refractivity contribution in [3.63, 3.8) is 0 Å². The van der Waals surface area contributed by atoms with Gasteiger partial charge in [-0.2, -0.15) is 0 Å². The predicted octanol–water partition coefficient (Wildman–Crippen LogP) is 2.09. The van der Waals surface area contributed by atoms with Gasteiger partial charge in [0.05, 0.1) is 0 Å². The number of hydrogen-bond acceptors (Lipinski definition) is 2. The summed E-state index contributed by atoms with van der Waals surface area (Å²) >= 11 is 8.51. The Hall–Kier alpha value is -2.18. The Kier molecular flexibility index (Phi) is 7.45. The summed E-state index contributed by atoms with van der Waals surface area (Å²) in [6.07, 6.45) is 3.55. The van der Waals surface area contributed by atoms with Crippen molar-refractivity contribution in [1.29, 1.82) is 0 Å². The van der Waals surface area contributed by atoms with Crippen LogP contribution in [-0.4, -0.2) is 17.9 Å². The number of hydrogen-bond donors (Lipinski definition) is 3. The summed E-state index contributed by atoms with van der Waals surface area (Å²) in [4.78, 5) is 0. The second-order valence-corrected chi connectivity index (χ2v) is 6.22. The molecule has 0 atom stereocenters. The average molecular weight is 405 g/mol. The summed E-state index contributed by atoms with van der Waals surface area (Å²) in [6.45, 7) is 4.76. The highest BCUT2D eigenvalue weighted by molar-refractivity contribution is 9.10. The molecule has 0 aliphatic heterocycles. The molecule has 0 bridgehead atoms. The number of hydrazine groups is 1. The Bertz CT molecular complexity index is 716. The van der Waals surface area contributed by atoms with E-state index < -0.39 is 0 Å². The van der Waals surface area contributed by atoms with Crippen LogP contribution in [-0.2, 0) is 6.61 Å². The smallest absolute Gasteiger partial charge is 0.224 e. The topological polar surface area (TPSA) is 47.3 Å². The number of benzene rings is 2. The standard InChI is InChI=1S/C18H18BrN3OS/c1-2-10-20-18(24)22-21-12-15-4-3-5-17(11-15)23-13-14-6-8-16(19)9-7-14/h2-9,11-12H,1,10,13H2,(H2,20,22,24)/p+1. The molecule has 6 heteroatoms. The van der Waals surface area contributed by atoms with Crippen molar-refractivity contribution in [2.45, 2.75) is 6.61 Å². The molecule has 2 aromatic carbocycles. The first kappa shape index (κ1) is 18.2. The molecule has 0 unspecified atom stereocenters. The fourth-order valence-electron chi connectivity index (χ4n) is 1.84. The molecule has 0 amide bonds. The van der Waals surface area contributed by atoms with Crippen LogP contribution in [0, 0.1) is 0 Å². The number of rotatable bonds is 7. The number of nitrogens with one attached hydrogen (secondary N) is 3. The van der Waals surface area contributed by atoms with E-state index >= 15 is 0 Å². The fourth-order valence-corrected chi connectivity index (χ4v) is 2.24. The number of halogens is 1.